The predicted octanol–water partition coefficient (Wildman–Crippen LogP) is 3.39. The van der Waals surface area contributed by atoms with Crippen molar-refractivity contribution >= 4 is 11.9 Å². The Morgan fingerprint density at radius 2 is 1.93 bits per heavy atom. The van der Waals surface area contributed by atoms with Crippen LogP contribution in [0.2, 0.25) is 0 Å². The molecule has 2 N–H and O–H groups in total. The zero-order chi connectivity index (χ0) is 19.8. The van der Waals surface area contributed by atoms with Gasteiger partial charge in [0.05, 0.1) is 6.10 Å². The topological polar surface area (TPSA) is 67.4 Å². The summed E-state index contributed by atoms with van der Waals surface area (Å²) in [5.74, 6) is 6.74. The van der Waals surface area contributed by atoms with Crippen LogP contribution in [0.25, 0.3) is 0 Å². The smallest absolute Gasteiger partial charge is 0.322 e. The minimum absolute atomic E-state index is 0.204. The van der Waals surface area contributed by atoms with Crippen LogP contribution in [0.1, 0.15) is 51.4 Å². The Morgan fingerprint density at radius 3 is 2.54 bits per heavy atom. The Labute approximate surface area is 166 Å². The van der Waals surface area contributed by atoms with Crippen molar-refractivity contribution in [2.24, 2.45) is 11.3 Å². The van der Waals surface area contributed by atoms with Crippen LogP contribution in [-0.2, 0) is 9.53 Å². The number of imide groups is 1. The van der Waals surface area contributed by atoms with E-state index in [4.69, 9.17) is 4.74 Å². The first-order valence-corrected chi connectivity index (χ1v) is 10.2. The van der Waals surface area contributed by atoms with Gasteiger partial charge in [-0.25, -0.2) is 4.79 Å². The second-order valence-electron chi connectivity index (χ2n) is 8.48. The lowest BCUT2D eigenvalue weighted by atomic mass is 9.56. The molecule has 1 aliphatic heterocycles. The fourth-order valence-corrected chi connectivity index (χ4v) is 4.99. The molecule has 2 spiro atoms. The Hall–Kier alpha value is -2.32. The molecule has 5 nitrogen and oxygen atoms in total. The van der Waals surface area contributed by atoms with E-state index in [-0.39, 0.29) is 17.4 Å². The number of rotatable bonds is 1. The first kappa shape index (κ1) is 19.0. The van der Waals surface area contributed by atoms with Crippen LogP contribution in [-0.4, -0.2) is 30.7 Å². The molecule has 1 saturated heterocycles. The monoisotopic (exact) mass is 380 g/mol. The van der Waals surface area contributed by atoms with Crippen LogP contribution in [0, 0.1) is 23.2 Å². The maximum absolute atomic E-state index is 13.2. The number of hydrogen-bond donors (Lipinski definition) is 2. The minimum Gasteiger partial charge on any atom is -0.381 e. The molecule has 5 heteroatoms. The van der Waals surface area contributed by atoms with E-state index in [1.54, 1.807) is 7.11 Å². The molecule has 28 heavy (non-hydrogen) atoms. The molecule has 0 radical (unpaired) electrons. The fraction of sp³-hybridized carbons (Fsp3) is 0.565. The van der Waals surface area contributed by atoms with Crippen molar-refractivity contribution in [3.63, 3.8) is 0 Å². The Bertz CT molecular complexity index is 817. The van der Waals surface area contributed by atoms with Gasteiger partial charge in [-0.2, -0.15) is 0 Å². The second-order valence-corrected chi connectivity index (χ2v) is 8.48. The van der Waals surface area contributed by atoms with Crippen LogP contribution in [0.15, 0.2) is 36.0 Å². The van der Waals surface area contributed by atoms with Crippen molar-refractivity contribution < 1.29 is 14.3 Å². The summed E-state index contributed by atoms with van der Waals surface area (Å²) in [5, 5.41) is 5.48. The molecule has 148 valence electrons. The molecule has 0 bridgehead atoms. The predicted molar refractivity (Wildman–Crippen MR) is 107 cm³/mol. The SMILES string of the molecule is C=C1/C=C(C#CC2CC2)\C=C/CCC2(CCC(OC)CC2)C12NC(=O)NC2=O. The second kappa shape index (κ2) is 7.25. The first-order chi connectivity index (χ1) is 13.5. The number of amides is 3. The molecule has 0 aromatic rings. The van der Waals surface area contributed by atoms with Crippen LogP contribution < -0.4 is 10.6 Å². The molecule has 3 amide bonds. The summed E-state index contributed by atoms with van der Waals surface area (Å²) in [5.41, 5.74) is -0.0251. The highest BCUT2D eigenvalue weighted by Gasteiger charge is 2.62. The minimum atomic E-state index is -1.12. The van der Waals surface area contributed by atoms with Crippen molar-refractivity contribution in [3.05, 3.63) is 36.0 Å². The van der Waals surface area contributed by atoms with Crippen LogP contribution >= 0.6 is 0 Å². The maximum Gasteiger partial charge on any atom is 0.322 e. The highest BCUT2D eigenvalue weighted by molar-refractivity contribution is 6.10. The number of allylic oxidation sites excluding steroid dienone is 3. The van der Waals surface area contributed by atoms with E-state index < -0.39 is 11.6 Å². The molecule has 2 saturated carbocycles. The summed E-state index contributed by atoms with van der Waals surface area (Å²) < 4.78 is 5.55. The molecule has 3 aliphatic carbocycles. The summed E-state index contributed by atoms with van der Waals surface area (Å²) in [6.45, 7) is 4.27. The summed E-state index contributed by atoms with van der Waals surface area (Å²) in [6.07, 6.45) is 13.6. The Balaban J connectivity index is 1.76. The highest BCUT2D eigenvalue weighted by Crippen LogP contribution is 2.53. The van der Waals surface area contributed by atoms with Crippen molar-refractivity contribution in [2.75, 3.05) is 7.11 Å². The van der Waals surface area contributed by atoms with Crippen molar-refractivity contribution in [1.29, 1.82) is 0 Å². The van der Waals surface area contributed by atoms with E-state index >= 15 is 0 Å². The number of urea groups is 1. The largest absolute Gasteiger partial charge is 0.381 e. The summed E-state index contributed by atoms with van der Waals surface area (Å²) in [7, 11) is 1.74. The van der Waals surface area contributed by atoms with Gasteiger partial charge in [-0.3, -0.25) is 10.1 Å². The lowest BCUT2D eigenvalue weighted by Crippen LogP contribution is -2.62. The zero-order valence-electron chi connectivity index (χ0n) is 16.5. The first-order valence-electron chi connectivity index (χ1n) is 10.2. The number of methoxy groups -OCH3 is 1. The third-order valence-electron chi connectivity index (χ3n) is 6.78. The molecular formula is C23H28N2O3. The molecule has 1 atom stereocenters. The summed E-state index contributed by atoms with van der Waals surface area (Å²) in [6, 6.07) is -0.439. The van der Waals surface area contributed by atoms with Crippen LogP contribution in [0.4, 0.5) is 4.79 Å². The molecule has 0 aromatic carbocycles. The summed E-state index contributed by atoms with van der Waals surface area (Å²) >= 11 is 0. The maximum atomic E-state index is 13.2. The standard InChI is InChI=1S/C23H28N2O3/c1-16-15-18(9-8-17-6-7-17)5-3-4-12-22(13-10-19(28-2)11-14-22)23(16)20(26)24-21(27)25-23/h3,5,15,17,19H,1,4,6-7,10-14H2,2H3,(H2,24,25,26,27)/b5-3-,18-15+. The third kappa shape index (κ3) is 3.20. The van der Waals surface area contributed by atoms with Crippen LogP contribution in [0.3, 0.4) is 0 Å². The molecule has 0 aromatic heterocycles. The lowest BCUT2D eigenvalue weighted by molar-refractivity contribution is -0.129. The van der Waals surface area contributed by atoms with E-state index in [0.717, 1.165) is 56.9 Å². The Morgan fingerprint density at radius 1 is 1.18 bits per heavy atom. The van der Waals surface area contributed by atoms with Crippen molar-refractivity contribution in [2.45, 2.75) is 63.0 Å². The van der Waals surface area contributed by atoms with Crippen LogP contribution in [0.5, 0.6) is 0 Å². The normalized spacial score (nSPS) is 38.4. The molecule has 4 aliphatic rings. The number of hydrogen-bond acceptors (Lipinski definition) is 3. The average molecular weight is 380 g/mol. The molecule has 1 unspecified atom stereocenters. The van der Waals surface area contributed by atoms with Crippen molar-refractivity contribution in [1.82, 2.24) is 10.6 Å². The van der Waals surface area contributed by atoms with Gasteiger partial charge in [0.15, 0.2) is 5.54 Å². The van der Waals surface area contributed by atoms with Gasteiger partial charge in [0.25, 0.3) is 5.91 Å². The van der Waals surface area contributed by atoms with Gasteiger partial charge in [0.1, 0.15) is 0 Å². The quantitative estimate of drug-likeness (QED) is 0.541. The molecule has 4 rings (SSSR count). The van der Waals surface area contributed by atoms with Crippen molar-refractivity contribution in [3.8, 4) is 11.8 Å². The van der Waals surface area contributed by atoms with Gasteiger partial charge < -0.3 is 10.1 Å². The van der Waals surface area contributed by atoms with E-state index in [0.29, 0.717) is 11.5 Å². The van der Waals surface area contributed by atoms with E-state index in [9.17, 15) is 9.59 Å². The third-order valence-corrected chi connectivity index (χ3v) is 6.78. The van der Waals surface area contributed by atoms with Gasteiger partial charge >= 0.3 is 6.03 Å². The van der Waals surface area contributed by atoms with Gasteiger partial charge in [-0.15, -0.1) is 0 Å². The fourth-order valence-electron chi connectivity index (χ4n) is 4.99. The number of fused-ring (bicyclic) bond motifs is 1. The van der Waals surface area contributed by atoms with Gasteiger partial charge in [-0.05, 0) is 63.0 Å². The summed E-state index contributed by atoms with van der Waals surface area (Å²) in [4.78, 5) is 25.4. The average Bonchev–Trinajstić information content (AvgIpc) is 3.45. The van der Waals surface area contributed by atoms with E-state index in [2.05, 4.69) is 35.1 Å². The zero-order valence-corrected chi connectivity index (χ0v) is 16.5. The van der Waals surface area contributed by atoms with E-state index in [1.165, 1.54) is 0 Å². The number of carbonyl (C=O) groups excluding carboxylic acids is 2. The lowest BCUT2D eigenvalue weighted by Gasteiger charge is -2.50. The van der Waals surface area contributed by atoms with Gasteiger partial charge in [-0.1, -0.05) is 30.6 Å². The Kier molecular flexibility index (Phi) is 4.93. The molecular weight excluding hydrogens is 352 g/mol. The van der Waals surface area contributed by atoms with Gasteiger partial charge in [0.2, 0.25) is 0 Å². The highest BCUT2D eigenvalue weighted by atomic mass is 16.5. The van der Waals surface area contributed by atoms with Gasteiger partial charge in [0, 0.05) is 24.0 Å². The number of ether oxygens (including phenoxy) is 1. The number of nitrogens with one attached hydrogen (secondary N) is 2. The van der Waals surface area contributed by atoms with E-state index in [1.807, 2.05) is 12.2 Å². The number of carbonyl (C=O) groups is 2. The molecule has 3 fully saturated rings. The molecule has 1 heterocycles.